The number of rotatable bonds is 6. The van der Waals surface area contributed by atoms with E-state index in [0.717, 1.165) is 58.6 Å². The van der Waals surface area contributed by atoms with Crippen LogP contribution >= 0.6 is 0 Å². The van der Waals surface area contributed by atoms with E-state index < -0.39 is 0 Å². The lowest BCUT2D eigenvalue weighted by molar-refractivity contribution is -0.132. The highest BCUT2D eigenvalue weighted by Crippen LogP contribution is 2.53. The van der Waals surface area contributed by atoms with Crippen LogP contribution in [0.2, 0.25) is 0 Å². The number of benzene rings is 1. The molecule has 1 amide bonds. The van der Waals surface area contributed by atoms with Gasteiger partial charge in [0.1, 0.15) is 18.1 Å². The van der Waals surface area contributed by atoms with Crippen molar-refractivity contribution >= 4 is 22.6 Å². The molecular formula is C30H37N5O2. The number of hydrogen-bond acceptors (Lipinski definition) is 5. The molecule has 2 saturated carbocycles. The van der Waals surface area contributed by atoms with Gasteiger partial charge in [0.2, 0.25) is 5.91 Å². The molecule has 0 bridgehead atoms. The Morgan fingerprint density at radius 2 is 1.73 bits per heavy atom. The lowest BCUT2D eigenvalue weighted by Crippen LogP contribution is -2.39. The third-order valence-electron chi connectivity index (χ3n) is 9.37. The second-order valence-corrected chi connectivity index (χ2v) is 11.9. The van der Waals surface area contributed by atoms with Crippen molar-refractivity contribution in [3.8, 4) is 11.1 Å². The minimum atomic E-state index is -0.107. The van der Waals surface area contributed by atoms with E-state index in [1.165, 1.54) is 32.6 Å². The van der Waals surface area contributed by atoms with Gasteiger partial charge in [0, 0.05) is 48.8 Å². The number of carbonyl (C=O) groups excluding carboxylic acids is 2. The zero-order valence-electron chi connectivity index (χ0n) is 22.4. The van der Waals surface area contributed by atoms with E-state index in [0.29, 0.717) is 17.5 Å². The van der Waals surface area contributed by atoms with Crippen molar-refractivity contribution in [1.29, 1.82) is 0 Å². The van der Waals surface area contributed by atoms with Crippen LogP contribution in [-0.4, -0.2) is 48.9 Å². The molecule has 0 spiro atoms. The van der Waals surface area contributed by atoms with Gasteiger partial charge in [-0.2, -0.15) is 5.10 Å². The van der Waals surface area contributed by atoms with Gasteiger partial charge in [-0.15, -0.1) is 0 Å². The molecule has 2 aromatic heterocycles. The predicted molar refractivity (Wildman–Crippen MR) is 143 cm³/mol. The van der Waals surface area contributed by atoms with Crippen LogP contribution in [0.3, 0.4) is 0 Å². The van der Waals surface area contributed by atoms with Crippen LogP contribution in [0.5, 0.6) is 0 Å². The van der Waals surface area contributed by atoms with Crippen molar-refractivity contribution < 1.29 is 9.59 Å². The minimum absolute atomic E-state index is 0.0509. The second kappa shape index (κ2) is 9.34. The number of ketones is 1. The van der Waals surface area contributed by atoms with Crippen LogP contribution in [0.25, 0.3) is 22.0 Å². The van der Waals surface area contributed by atoms with Gasteiger partial charge in [-0.1, -0.05) is 26.3 Å². The van der Waals surface area contributed by atoms with Gasteiger partial charge in [0.15, 0.2) is 5.78 Å². The van der Waals surface area contributed by atoms with Crippen LogP contribution < -0.4 is 0 Å². The van der Waals surface area contributed by atoms with Crippen molar-refractivity contribution in [1.82, 2.24) is 24.6 Å². The molecule has 3 heterocycles. The zero-order chi connectivity index (χ0) is 25.8. The minimum Gasteiger partial charge on any atom is -0.338 e. The molecule has 6 rings (SSSR count). The second-order valence-electron chi connectivity index (χ2n) is 11.9. The Kier molecular flexibility index (Phi) is 6.12. The molecular weight excluding hydrogens is 462 g/mol. The van der Waals surface area contributed by atoms with Crippen molar-refractivity contribution in [2.45, 2.75) is 78.3 Å². The number of hydrogen-bond donors (Lipinski definition) is 0. The summed E-state index contributed by atoms with van der Waals surface area (Å²) in [4.78, 5) is 37.0. The summed E-state index contributed by atoms with van der Waals surface area (Å²) in [7, 11) is 0. The Labute approximate surface area is 218 Å². The third kappa shape index (κ3) is 4.26. The van der Waals surface area contributed by atoms with E-state index in [1.54, 1.807) is 4.68 Å². The number of Topliss-reactive ketones (excluding diaryl/α,β-unsaturated/α-hetero) is 1. The first-order valence-electron chi connectivity index (χ1n) is 13.9. The zero-order valence-corrected chi connectivity index (χ0v) is 22.4. The molecule has 194 valence electrons. The largest absolute Gasteiger partial charge is 0.338 e. The summed E-state index contributed by atoms with van der Waals surface area (Å²) in [5, 5.41) is 5.33. The molecule has 1 saturated heterocycles. The van der Waals surface area contributed by atoms with Crippen molar-refractivity contribution in [2.75, 3.05) is 6.54 Å². The average Bonchev–Trinajstić information content (AvgIpc) is 3.39. The molecule has 1 aromatic carbocycles. The maximum Gasteiger partial charge on any atom is 0.244 e. The fraction of sp³-hybridized carbons (Fsp3) is 0.567. The van der Waals surface area contributed by atoms with E-state index in [4.69, 9.17) is 9.97 Å². The van der Waals surface area contributed by atoms with Crippen LogP contribution in [0, 0.1) is 23.7 Å². The van der Waals surface area contributed by atoms with Gasteiger partial charge in [-0.25, -0.2) is 9.97 Å². The lowest BCUT2D eigenvalue weighted by atomic mass is 9.57. The van der Waals surface area contributed by atoms with Crippen LogP contribution in [0.1, 0.15) is 82.0 Å². The molecule has 0 N–H and O–H groups in total. The van der Waals surface area contributed by atoms with Crippen LogP contribution in [-0.2, 0) is 11.3 Å². The number of amides is 1. The van der Waals surface area contributed by atoms with Gasteiger partial charge in [0.05, 0.1) is 5.52 Å². The summed E-state index contributed by atoms with van der Waals surface area (Å²) in [5.41, 5.74) is 3.08. The molecule has 0 radical (unpaired) electrons. The number of carbonyl (C=O) groups is 2. The summed E-state index contributed by atoms with van der Waals surface area (Å²) in [6.45, 7) is 9.10. The van der Waals surface area contributed by atoms with E-state index in [-0.39, 0.29) is 24.3 Å². The first kappa shape index (κ1) is 24.3. The quantitative estimate of drug-likeness (QED) is 0.419. The van der Waals surface area contributed by atoms with Gasteiger partial charge >= 0.3 is 0 Å². The van der Waals surface area contributed by atoms with Gasteiger partial charge < -0.3 is 4.90 Å². The standard InChI is InChI=1S/C30H37N5O2/c1-17-11-19(3)34(15-17)28(37)16-35-27-10-6-21(12-26(27)29(33-35)20(4)36)22-13-31-30(32-14-22)25-9-8-24(25)23-7-5-18(23)2/h6,10,12-14,17-19,23-25H,5,7-9,11,15-16H2,1-4H3. The summed E-state index contributed by atoms with van der Waals surface area (Å²) in [6, 6.07) is 6.19. The first-order chi connectivity index (χ1) is 17.8. The summed E-state index contributed by atoms with van der Waals surface area (Å²) in [5.74, 6) is 4.34. The maximum absolute atomic E-state index is 13.1. The van der Waals surface area contributed by atoms with E-state index >= 15 is 0 Å². The average molecular weight is 500 g/mol. The molecule has 37 heavy (non-hydrogen) atoms. The molecule has 3 fully saturated rings. The molecule has 1 aliphatic heterocycles. The Balaban J connectivity index is 1.25. The van der Waals surface area contributed by atoms with Crippen molar-refractivity contribution in [3.05, 3.63) is 42.1 Å². The SMILES string of the molecule is CC(=O)c1nn(CC(=O)N2CC(C)CC2C)c2ccc(-c3cnc(C4CCC4C4CCC4C)nc3)cc12. The molecule has 7 nitrogen and oxygen atoms in total. The molecule has 7 heteroatoms. The number of nitrogens with zero attached hydrogens (tertiary/aromatic N) is 5. The number of fused-ring (bicyclic) bond motifs is 1. The highest BCUT2D eigenvalue weighted by molar-refractivity contribution is 6.06. The summed E-state index contributed by atoms with van der Waals surface area (Å²) < 4.78 is 1.69. The molecule has 6 atom stereocenters. The molecule has 3 aromatic rings. The predicted octanol–water partition coefficient (Wildman–Crippen LogP) is 5.49. The van der Waals surface area contributed by atoms with Gasteiger partial charge in [-0.3, -0.25) is 14.3 Å². The normalized spacial score (nSPS) is 29.2. The van der Waals surface area contributed by atoms with Crippen LogP contribution in [0.15, 0.2) is 30.6 Å². The Hall–Kier alpha value is -3.09. The van der Waals surface area contributed by atoms with Gasteiger partial charge in [-0.05, 0) is 74.0 Å². The highest BCUT2D eigenvalue weighted by Gasteiger charge is 2.44. The monoisotopic (exact) mass is 499 g/mol. The third-order valence-corrected chi connectivity index (χ3v) is 9.37. The lowest BCUT2D eigenvalue weighted by Gasteiger charge is -2.48. The summed E-state index contributed by atoms with van der Waals surface area (Å²) >= 11 is 0. The van der Waals surface area contributed by atoms with Crippen molar-refractivity contribution in [3.63, 3.8) is 0 Å². The highest BCUT2D eigenvalue weighted by atomic mass is 16.2. The molecule has 2 aliphatic carbocycles. The van der Waals surface area contributed by atoms with Crippen molar-refractivity contribution in [2.24, 2.45) is 23.7 Å². The fourth-order valence-electron chi connectivity index (χ4n) is 6.97. The summed E-state index contributed by atoms with van der Waals surface area (Å²) in [6.07, 6.45) is 10.1. The Morgan fingerprint density at radius 3 is 2.30 bits per heavy atom. The molecule has 6 unspecified atom stereocenters. The molecule has 3 aliphatic rings. The Morgan fingerprint density at radius 1 is 0.973 bits per heavy atom. The Bertz CT molecular complexity index is 1350. The van der Waals surface area contributed by atoms with Crippen LogP contribution in [0.4, 0.5) is 0 Å². The number of aromatic nitrogens is 4. The van der Waals surface area contributed by atoms with E-state index in [2.05, 4.69) is 25.9 Å². The first-order valence-corrected chi connectivity index (χ1v) is 13.9. The smallest absolute Gasteiger partial charge is 0.244 e. The van der Waals surface area contributed by atoms with Gasteiger partial charge in [0.25, 0.3) is 0 Å². The topological polar surface area (TPSA) is 81.0 Å². The van der Waals surface area contributed by atoms with E-state index in [9.17, 15) is 9.59 Å². The fourth-order valence-corrected chi connectivity index (χ4v) is 6.97. The number of likely N-dealkylation sites (tertiary alicyclic amines) is 1. The maximum atomic E-state index is 13.1. The van der Waals surface area contributed by atoms with E-state index in [1.807, 2.05) is 35.5 Å².